The van der Waals surface area contributed by atoms with Crippen molar-refractivity contribution in [2.24, 2.45) is 0 Å². The second-order valence-electron chi connectivity index (χ2n) is 9.61. The molecule has 0 bridgehead atoms. The molecule has 1 aromatic heterocycles. The number of likely N-dealkylation sites (tertiary alicyclic amines) is 1. The number of nitrogens with zero attached hydrogens (tertiary/aromatic N) is 4. The normalized spacial score (nSPS) is 19.7. The van der Waals surface area contributed by atoms with Crippen LogP contribution in [-0.2, 0) is 4.79 Å². The number of hydrogen-bond donors (Lipinski definition) is 3. The van der Waals surface area contributed by atoms with Crippen LogP contribution in [0.3, 0.4) is 0 Å². The number of aliphatic hydroxyl groups is 2. The monoisotopic (exact) mass is 502 g/mol. The van der Waals surface area contributed by atoms with Gasteiger partial charge in [-0.1, -0.05) is 38.8 Å². The van der Waals surface area contributed by atoms with Crippen LogP contribution in [0.25, 0.3) is 17.3 Å². The zero-order valence-corrected chi connectivity index (χ0v) is 21.8. The van der Waals surface area contributed by atoms with E-state index in [1.807, 2.05) is 27.7 Å². The summed E-state index contributed by atoms with van der Waals surface area (Å²) in [5.41, 5.74) is 2.72. The van der Waals surface area contributed by atoms with Gasteiger partial charge in [0.2, 0.25) is 11.9 Å². The molecule has 0 saturated carbocycles. The van der Waals surface area contributed by atoms with E-state index in [2.05, 4.69) is 22.8 Å². The smallest absolute Gasteiger partial charge is 0.235 e. The van der Waals surface area contributed by atoms with E-state index < -0.39 is 12.2 Å². The van der Waals surface area contributed by atoms with E-state index in [4.69, 9.17) is 0 Å². The summed E-state index contributed by atoms with van der Waals surface area (Å²) in [7, 11) is 1.72. The highest BCUT2D eigenvalue weighted by Crippen LogP contribution is 2.32. The second-order valence-corrected chi connectivity index (χ2v) is 10.2. The molecule has 3 rings (SSSR count). The molecule has 1 fully saturated rings. The van der Waals surface area contributed by atoms with Crippen molar-refractivity contribution in [3.8, 4) is 11.3 Å². The first kappa shape index (κ1) is 27.1. The zero-order valence-electron chi connectivity index (χ0n) is 20.9. The first-order valence-corrected chi connectivity index (χ1v) is 12.3. The summed E-state index contributed by atoms with van der Waals surface area (Å²) < 4.78 is 15.1. The number of amides is 1. The summed E-state index contributed by atoms with van der Waals surface area (Å²) >= 11 is 4.33. The minimum absolute atomic E-state index is 0.0241. The van der Waals surface area contributed by atoms with Crippen molar-refractivity contribution in [2.75, 3.05) is 11.4 Å². The summed E-state index contributed by atoms with van der Waals surface area (Å²) in [6.07, 6.45) is 2.34. The van der Waals surface area contributed by atoms with Gasteiger partial charge in [0, 0.05) is 36.7 Å². The molecule has 0 aliphatic carbocycles. The van der Waals surface area contributed by atoms with Crippen molar-refractivity contribution >= 4 is 30.7 Å². The number of rotatable bonds is 9. The van der Waals surface area contributed by atoms with Gasteiger partial charge in [-0.15, -0.1) is 0 Å². The third-order valence-electron chi connectivity index (χ3n) is 6.25. The molecule has 9 heteroatoms. The van der Waals surface area contributed by atoms with Gasteiger partial charge in [-0.2, -0.15) is 0 Å². The summed E-state index contributed by atoms with van der Waals surface area (Å²) in [5, 5.41) is 21.0. The van der Waals surface area contributed by atoms with Crippen molar-refractivity contribution in [1.29, 1.82) is 0 Å². The van der Waals surface area contributed by atoms with Crippen LogP contribution < -0.4 is 4.31 Å². The van der Waals surface area contributed by atoms with Gasteiger partial charge < -0.3 is 15.1 Å². The summed E-state index contributed by atoms with van der Waals surface area (Å²) in [6.45, 7) is 7.98. The molecule has 2 N–H and O–H groups in total. The van der Waals surface area contributed by atoms with Gasteiger partial charge in [0.1, 0.15) is 5.82 Å². The Morgan fingerprint density at radius 1 is 1.23 bits per heavy atom. The number of aromatic nitrogens is 2. The number of carbonyl (C=O) groups excluding carboxylic acids is 1. The number of benzene rings is 1. The Labute approximate surface area is 212 Å². The molecule has 2 unspecified atom stereocenters. The SMILES string of the molecule is CC(C)c1nc(N(C)S)nc(-c2ccc(F)cc2)c1/C=C/[C@@H](O)C[C@@H](O)CC(=O)N1C(C)CC1C. The van der Waals surface area contributed by atoms with Crippen LogP contribution in [0.15, 0.2) is 30.3 Å². The summed E-state index contributed by atoms with van der Waals surface area (Å²) in [4.78, 5) is 23.5. The molecule has 7 nitrogen and oxygen atoms in total. The molecular formula is C26H35FN4O3S. The Hall–Kier alpha value is -2.49. The number of carbonyl (C=O) groups is 1. The second kappa shape index (κ2) is 11.5. The van der Waals surface area contributed by atoms with Gasteiger partial charge in [0.05, 0.1) is 30.0 Å². The Morgan fingerprint density at radius 2 is 1.86 bits per heavy atom. The quantitative estimate of drug-likeness (QED) is 0.445. The maximum absolute atomic E-state index is 13.6. The number of thiol groups is 1. The fourth-order valence-corrected chi connectivity index (χ4v) is 4.60. The molecular weight excluding hydrogens is 467 g/mol. The van der Waals surface area contributed by atoms with E-state index in [-0.39, 0.29) is 42.6 Å². The molecule has 1 amide bonds. The molecule has 1 aromatic carbocycles. The predicted molar refractivity (Wildman–Crippen MR) is 140 cm³/mol. The molecule has 2 aromatic rings. The highest BCUT2D eigenvalue weighted by atomic mass is 32.1. The molecule has 4 atom stereocenters. The van der Waals surface area contributed by atoms with E-state index in [9.17, 15) is 19.4 Å². The third-order valence-corrected chi connectivity index (χ3v) is 6.42. The van der Waals surface area contributed by atoms with Gasteiger partial charge in [-0.25, -0.2) is 14.4 Å². The third kappa shape index (κ3) is 6.59. The van der Waals surface area contributed by atoms with Crippen molar-refractivity contribution in [3.63, 3.8) is 0 Å². The Kier molecular flexibility index (Phi) is 8.90. The minimum Gasteiger partial charge on any atom is -0.392 e. The van der Waals surface area contributed by atoms with Gasteiger partial charge in [-0.3, -0.25) is 9.10 Å². The van der Waals surface area contributed by atoms with Crippen LogP contribution in [0, 0.1) is 5.82 Å². The minimum atomic E-state index is -0.975. The Balaban J connectivity index is 1.83. The van der Waals surface area contributed by atoms with E-state index >= 15 is 0 Å². The molecule has 35 heavy (non-hydrogen) atoms. The van der Waals surface area contributed by atoms with Crippen molar-refractivity contribution in [2.45, 2.75) is 77.2 Å². The Bertz CT molecular complexity index is 1050. The number of hydrogen-bond acceptors (Lipinski definition) is 7. The van der Waals surface area contributed by atoms with Crippen LogP contribution in [-0.4, -0.2) is 62.3 Å². The first-order valence-electron chi connectivity index (χ1n) is 11.9. The van der Waals surface area contributed by atoms with Crippen LogP contribution in [0.5, 0.6) is 0 Å². The molecule has 2 heterocycles. The van der Waals surface area contributed by atoms with Crippen LogP contribution in [0.4, 0.5) is 10.3 Å². The van der Waals surface area contributed by atoms with Crippen LogP contribution >= 0.6 is 12.8 Å². The maximum Gasteiger partial charge on any atom is 0.235 e. The van der Waals surface area contributed by atoms with Crippen LogP contribution in [0.1, 0.15) is 64.1 Å². The predicted octanol–water partition coefficient (Wildman–Crippen LogP) is 4.21. The lowest BCUT2D eigenvalue weighted by Crippen LogP contribution is -2.56. The highest BCUT2D eigenvalue weighted by molar-refractivity contribution is 7.81. The van der Waals surface area contributed by atoms with Crippen molar-refractivity contribution < 1.29 is 19.4 Å². The largest absolute Gasteiger partial charge is 0.392 e. The molecule has 1 saturated heterocycles. The van der Waals surface area contributed by atoms with E-state index in [0.29, 0.717) is 22.8 Å². The van der Waals surface area contributed by atoms with Crippen LogP contribution in [0.2, 0.25) is 0 Å². The zero-order chi connectivity index (χ0) is 25.9. The van der Waals surface area contributed by atoms with Gasteiger partial charge in [0.15, 0.2) is 0 Å². The molecule has 190 valence electrons. The van der Waals surface area contributed by atoms with E-state index in [1.165, 1.54) is 16.4 Å². The molecule has 1 aliphatic rings. The van der Waals surface area contributed by atoms with E-state index in [0.717, 1.165) is 12.1 Å². The number of aliphatic hydroxyl groups excluding tert-OH is 2. The Morgan fingerprint density at radius 3 is 2.40 bits per heavy atom. The maximum atomic E-state index is 13.6. The average Bonchev–Trinajstić information content (AvgIpc) is 2.77. The standard InChI is InChI=1S/C26H35FN4O3S/c1-15(2)24-22(25(29-26(28-24)30(5)35)18-6-8-19(27)9-7-18)11-10-20(32)13-21(33)14-23(34)31-16(3)12-17(31)4/h6-11,15-17,20-21,32-33,35H,12-14H2,1-5H3/b11-10+/t16?,17?,20-,21-/m1/s1. The highest BCUT2D eigenvalue weighted by Gasteiger charge is 2.36. The molecule has 0 radical (unpaired) electrons. The van der Waals surface area contributed by atoms with Gasteiger partial charge in [-0.05, 0) is 50.5 Å². The fraction of sp³-hybridized carbons (Fsp3) is 0.500. The molecule has 0 spiro atoms. The lowest BCUT2D eigenvalue weighted by molar-refractivity contribution is -0.145. The summed E-state index contributed by atoms with van der Waals surface area (Å²) in [6, 6.07) is 6.40. The summed E-state index contributed by atoms with van der Waals surface area (Å²) in [5.74, 6) is -0.0147. The van der Waals surface area contributed by atoms with Crippen molar-refractivity contribution in [3.05, 3.63) is 47.4 Å². The van der Waals surface area contributed by atoms with Crippen molar-refractivity contribution in [1.82, 2.24) is 14.9 Å². The van der Waals surface area contributed by atoms with Gasteiger partial charge in [0.25, 0.3) is 0 Å². The number of halogens is 1. The van der Waals surface area contributed by atoms with Gasteiger partial charge >= 0.3 is 0 Å². The lowest BCUT2D eigenvalue weighted by Gasteiger charge is -2.45. The molecule has 1 aliphatic heterocycles. The topological polar surface area (TPSA) is 89.8 Å². The lowest BCUT2D eigenvalue weighted by atomic mass is 9.94. The van der Waals surface area contributed by atoms with E-state index in [1.54, 1.807) is 36.2 Å². The first-order chi connectivity index (χ1) is 16.5. The fourth-order valence-electron chi connectivity index (χ4n) is 4.52. The average molecular weight is 503 g/mol. The number of anilines is 1.